The van der Waals surface area contributed by atoms with Gasteiger partial charge >= 0.3 is 0 Å². The molecule has 5 nitrogen and oxygen atoms in total. The molecule has 2 N–H and O–H groups in total. The maximum Gasteiger partial charge on any atom is 0.283 e. The van der Waals surface area contributed by atoms with Crippen LogP contribution in [0.5, 0.6) is 11.5 Å². The van der Waals surface area contributed by atoms with E-state index in [1.807, 2.05) is 37.3 Å². The lowest BCUT2D eigenvalue weighted by molar-refractivity contribution is -0.0864. The topological polar surface area (TPSA) is 56.2 Å². The zero-order chi connectivity index (χ0) is 23.6. The van der Waals surface area contributed by atoms with E-state index in [1.165, 1.54) is 6.42 Å². The zero-order valence-electron chi connectivity index (χ0n) is 19.4. The van der Waals surface area contributed by atoms with E-state index in [0.717, 1.165) is 42.4 Å². The maximum absolute atomic E-state index is 14.2. The molecule has 4 rings (SSSR count). The Balaban J connectivity index is 1.52. The van der Waals surface area contributed by atoms with E-state index < -0.39 is 25.1 Å². The number of aromatic hydroxyl groups is 1. The summed E-state index contributed by atoms with van der Waals surface area (Å²) in [7, 11) is 0. The SMILES string of the molecule is CCC1CN(CCOc2ccc([C@@H]3c4c(O)cccc4C[C@@H](C)N3CC(F)(F)CO)cc2)C1. The molecule has 180 valence electrons. The fourth-order valence-corrected chi connectivity index (χ4v) is 5.03. The second-order valence-corrected chi connectivity index (χ2v) is 9.44. The van der Waals surface area contributed by atoms with Crippen molar-refractivity contribution in [3.8, 4) is 11.5 Å². The number of likely N-dealkylation sites (tertiary alicyclic amines) is 1. The summed E-state index contributed by atoms with van der Waals surface area (Å²) in [6, 6.07) is 12.1. The van der Waals surface area contributed by atoms with Gasteiger partial charge in [0.15, 0.2) is 0 Å². The van der Waals surface area contributed by atoms with Crippen LogP contribution in [-0.2, 0) is 6.42 Å². The van der Waals surface area contributed by atoms with Crippen LogP contribution < -0.4 is 4.74 Å². The first-order valence-corrected chi connectivity index (χ1v) is 11.8. The monoisotopic (exact) mass is 460 g/mol. The lowest BCUT2D eigenvalue weighted by Crippen LogP contribution is -2.49. The predicted molar refractivity (Wildman–Crippen MR) is 124 cm³/mol. The largest absolute Gasteiger partial charge is 0.508 e. The fourth-order valence-electron chi connectivity index (χ4n) is 5.03. The minimum Gasteiger partial charge on any atom is -0.508 e. The lowest BCUT2D eigenvalue weighted by atomic mass is 9.84. The molecule has 1 saturated heterocycles. The van der Waals surface area contributed by atoms with Gasteiger partial charge in [-0.2, -0.15) is 0 Å². The molecule has 0 saturated carbocycles. The number of phenols is 1. The van der Waals surface area contributed by atoms with Crippen molar-refractivity contribution < 1.29 is 23.7 Å². The van der Waals surface area contributed by atoms with Crippen molar-refractivity contribution in [2.75, 3.05) is 39.4 Å². The average molecular weight is 461 g/mol. The summed E-state index contributed by atoms with van der Waals surface area (Å²) in [6.45, 7) is 6.10. The molecule has 7 heteroatoms. The number of nitrogens with zero attached hydrogens (tertiary/aromatic N) is 2. The number of rotatable bonds is 9. The van der Waals surface area contributed by atoms with Gasteiger partial charge in [-0.1, -0.05) is 37.6 Å². The maximum atomic E-state index is 14.2. The highest BCUT2D eigenvalue weighted by Crippen LogP contribution is 2.43. The zero-order valence-corrected chi connectivity index (χ0v) is 19.4. The number of aliphatic hydroxyl groups excluding tert-OH is 1. The normalized spacial score (nSPS) is 22.1. The Hall–Kier alpha value is -2.22. The highest BCUT2D eigenvalue weighted by Gasteiger charge is 2.41. The van der Waals surface area contributed by atoms with Gasteiger partial charge in [0.2, 0.25) is 0 Å². The van der Waals surface area contributed by atoms with Crippen molar-refractivity contribution in [2.24, 2.45) is 5.92 Å². The van der Waals surface area contributed by atoms with Crippen LogP contribution in [0.2, 0.25) is 0 Å². The van der Waals surface area contributed by atoms with Crippen LogP contribution in [0.15, 0.2) is 42.5 Å². The van der Waals surface area contributed by atoms with Crippen LogP contribution in [0.3, 0.4) is 0 Å². The van der Waals surface area contributed by atoms with Crippen molar-refractivity contribution >= 4 is 0 Å². The smallest absolute Gasteiger partial charge is 0.283 e. The number of hydrogen-bond donors (Lipinski definition) is 2. The molecule has 0 spiro atoms. The van der Waals surface area contributed by atoms with Crippen LogP contribution in [0, 0.1) is 5.92 Å². The molecular weight excluding hydrogens is 426 g/mol. The first-order chi connectivity index (χ1) is 15.8. The highest BCUT2D eigenvalue weighted by molar-refractivity contribution is 5.49. The quantitative estimate of drug-likeness (QED) is 0.591. The Labute approximate surface area is 194 Å². The molecule has 2 heterocycles. The summed E-state index contributed by atoms with van der Waals surface area (Å²) in [5.41, 5.74) is 2.41. The highest BCUT2D eigenvalue weighted by atomic mass is 19.3. The second kappa shape index (κ2) is 9.95. The molecule has 2 aromatic rings. The molecule has 2 aliphatic heterocycles. The van der Waals surface area contributed by atoms with Crippen molar-refractivity contribution in [1.29, 1.82) is 0 Å². The average Bonchev–Trinajstić information content (AvgIpc) is 2.77. The summed E-state index contributed by atoms with van der Waals surface area (Å²) in [6.07, 6.45) is 1.77. The molecule has 0 amide bonds. The summed E-state index contributed by atoms with van der Waals surface area (Å²) < 4.78 is 34.4. The van der Waals surface area contributed by atoms with Crippen LogP contribution in [0.25, 0.3) is 0 Å². The number of benzene rings is 2. The van der Waals surface area contributed by atoms with E-state index in [1.54, 1.807) is 17.0 Å². The summed E-state index contributed by atoms with van der Waals surface area (Å²) >= 11 is 0. The van der Waals surface area contributed by atoms with Crippen molar-refractivity contribution in [1.82, 2.24) is 9.80 Å². The first kappa shape index (κ1) is 23.9. The molecule has 0 aliphatic carbocycles. The third-order valence-corrected chi connectivity index (χ3v) is 6.99. The second-order valence-electron chi connectivity index (χ2n) is 9.44. The Morgan fingerprint density at radius 3 is 2.52 bits per heavy atom. The number of fused-ring (bicyclic) bond motifs is 1. The van der Waals surface area contributed by atoms with Crippen molar-refractivity contribution in [3.05, 3.63) is 59.2 Å². The molecule has 0 bridgehead atoms. The van der Waals surface area contributed by atoms with Crippen molar-refractivity contribution in [3.63, 3.8) is 0 Å². The van der Waals surface area contributed by atoms with Gasteiger partial charge < -0.3 is 14.9 Å². The minimum atomic E-state index is -3.23. The van der Waals surface area contributed by atoms with Crippen molar-refractivity contribution in [2.45, 2.75) is 44.7 Å². The first-order valence-electron chi connectivity index (χ1n) is 11.8. The molecule has 0 unspecified atom stereocenters. The molecule has 2 aliphatic rings. The molecule has 2 aromatic carbocycles. The van der Waals surface area contributed by atoms with E-state index in [4.69, 9.17) is 4.74 Å². The third-order valence-electron chi connectivity index (χ3n) is 6.99. The standard InChI is InChI=1S/C26H34F2N2O3/c1-3-19-14-29(15-19)11-12-33-22-9-7-20(8-10-22)25-24-21(5-4-6-23(24)32)13-18(2)30(25)16-26(27,28)17-31/h4-10,18-19,25,31-32H,3,11-17H2,1-2H3/t18-,25-/m1/s1. The Morgan fingerprint density at radius 1 is 1.12 bits per heavy atom. The van der Waals surface area contributed by atoms with E-state index in [9.17, 15) is 19.0 Å². The van der Waals surface area contributed by atoms with E-state index >= 15 is 0 Å². The van der Waals surface area contributed by atoms with Gasteiger partial charge in [0.1, 0.15) is 24.7 Å². The Morgan fingerprint density at radius 2 is 1.85 bits per heavy atom. The molecule has 33 heavy (non-hydrogen) atoms. The van der Waals surface area contributed by atoms with Gasteiger partial charge in [-0.3, -0.25) is 9.80 Å². The molecule has 0 radical (unpaired) electrons. The van der Waals surface area contributed by atoms with Gasteiger partial charge in [0.25, 0.3) is 5.92 Å². The minimum absolute atomic E-state index is 0.0990. The Kier molecular flexibility index (Phi) is 7.22. The number of halogens is 2. The lowest BCUT2D eigenvalue weighted by Gasteiger charge is -2.43. The molecule has 0 aromatic heterocycles. The number of alkyl halides is 2. The van der Waals surface area contributed by atoms with Crippen LogP contribution in [0.1, 0.15) is 43.0 Å². The van der Waals surface area contributed by atoms with Gasteiger partial charge in [0.05, 0.1) is 12.6 Å². The van der Waals surface area contributed by atoms with Gasteiger partial charge in [-0.05, 0) is 48.6 Å². The van der Waals surface area contributed by atoms with Gasteiger partial charge in [-0.15, -0.1) is 0 Å². The molecular formula is C26H34F2N2O3. The van der Waals surface area contributed by atoms with Gasteiger partial charge in [0, 0.05) is 31.2 Å². The number of ether oxygens (including phenoxy) is 1. The molecule has 1 fully saturated rings. The van der Waals surface area contributed by atoms with Crippen LogP contribution >= 0.6 is 0 Å². The van der Waals surface area contributed by atoms with Crippen LogP contribution in [0.4, 0.5) is 8.78 Å². The van der Waals surface area contributed by atoms with E-state index in [0.29, 0.717) is 18.6 Å². The van der Waals surface area contributed by atoms with Crippen LogP contribution in [-0.4, -0.2) is 71.4 Å². The summed E-state index contributed by atoms with van der Waals surface area (Å²) in [4.78, 5) is 4.06. The fraction of sp³-hybridized carbons (Fsp3) is 0.538. The number of hydrogen-bond acceptors (Lipinski definition) is 5. The summed E-state index contributed by atoms with van der Waals surface area (Å²) in [5, 5.41) is 19.8. The number of phenolic OH excluding ortho intramolecular Hbond substituents is 1. The summed E-state index contributed by atoms with van der Waals surface area (Å²) in [5.74, 6) is -1.59. The van der Waals surface area contributed by atoms with E-state index in [2.05, 4.69) is 11.8 Å². The number of aliphatic hydroxyl groups is 1. The molecule has 2 atom stereocenters. The van der Waals surface area contributed by atoms with Gasteiger partial charge in [-0.25, -0.2) is 8.78 Å². The van der Waals surface area contributed by atoms with E-state index in [-0.39, 0.29) is 11.8 Å². The predicted octanol–water partition coefficient (Wildman–Crippen LogP) is 4.08. The third kappa shape index (κ3) is 5.31. The Bertz CT molecular complexity index is 932.